The fourth-order valence-electron chi connectivity index (χ4n) is 3.57. The highest BCUT2D eigenvalue weighted by Crippen LogP contribution is 2.08. The van der Waals surface area contributed by atoms with Gasteiger partial charge in [-0.25, -0.2) is 0 Å². The van der Waals surface area contributed by atoms with Crippen LogP contribution in [0.25, 0.3) is 0 Å². The van der Waals surface area contributed by atoms with Crippen LogP contribution in [0.15, 0.2) is 24.3 Å². The lowest BCUT2D eigenvalue weighted by Crippen LogP contribution is -2.16. The normalized spacial score (nSPS) is 11.9. The summed E-state index contributed by atoms with van der Waals surface area (Å²) in [4.78, 5) is 0. The molecular formula is C27H53N. The largest absolute Gasteiger partial charge is 0.317 e. The zero-order valence-corrected chi connectivity index (χ0v) is 19.7. The Balaban J connectivity index is 3.09. The van der Waals surface area contributed by atoms with Crippen molar-refractivity contribution in [2.45, 2.75) is 136 Å². The topological polar surface area (TPSA) is 12.0 Å². The summed E-state index contributed by atoms with van der Waals surface area (Å²) in [6.07, 6.45) is 35.4. The Morgan fingerprint density at radius 2 is 0.821 bits per heavy atom. The van der Waals surface area contributed by atoms with Crippen LogP contribution in [0, 0.1) is 0 Å². The van der Waals surface area contributed by atoms with Crippen molar-refractivity contribution in [1.29, 1.82) is 0 Å². The van der Waals surface area contributed by atoms with E-state index in [-0.39, 0.29) is 0 Å². The Labute approximate surface area is 178 Å². The van der Waals surface area contributed by atoms with Gasteiger partial charge in [-0.2, -0.15) is 0 Å². The highest BCUT2D eigenvalue weighted by molar-refractivity contribution is 4.92. The third kappa shape index (κ3) is 25.4. The van der Waals surface area contributed by atoms with Gasteiger partial charge in [-0.3, -0.25) is 0 Å². The van der Waals surface area contributed by atoms with Crippen molar-refractivity contribution in [3.63, 3.8) is 0 Å². The van der Waals surface area contributed by atoms with Gasteiger partial charge in [0.15, 0.2) is 0 Å². The predicted molar refractivity (Wildman–Crippen MR) is 130 cm³/mol. The minimum absolute atomic E-state index is 1.12. The summed E-state index contributed by atoms with van der Waals surface area (Å²) in [6, 6.07) is 0. The van der Waals surface area contributed by atoms with Crippen LogP contribution < -0.4 is 5.32 Å². The lowest BCUT2D eigenvalue weighted by Gasteiger charge is -2.05. The molecular weight excluding hydrogens is 338 g/mol. The predicted octanol–water partition coefficient (Wildman–Crippen LogP) is 9.14. The van der Waals surface area contributed by atoms with Crippen molar-refractivity contribution < 1.29 is 0 Å². The summed E-state index contributed by atoms with van der Waals surface area (Å²) in [5, 5.41) is 3.62. The van der Waals surface area contributed by atoms with Crippen molar-refractivity contribution in [3.8, 4) is 0 Å². The molecule has 166 valence electrons. The molecule has 0 aliphatic heterocycles. The maximum atomic E-state index is 3.62. The van der Waals surface area contributed by atoms with E-state index in [0.717, 1.165) is 6.42 Å². The number of hydrogen-bond acceptors (Lipinski definition) is 1. The van der Waals surface area contributed by atoms with E-state index in [2.05, 4.69) is 43.5 Å². The van der Waals surface area contributed by atoms with Crippen molar-refractivity contribution in [2.75, 3.05) is 13.1 Å². The summed E-state index contributed by atoms with van der Waals surface area (Å²) >= 11 is 0. The van der Waals surface area contributed by atoms with Crippen molar-refractivity contribution in [2.24, 2.45) is 0 Å². The quantitative estimate of drug-likeness (QED) is 0.135. The maximum Gasteiger partial charge on any atom is -0.00489 e. The standard InChI is InChI=1S/C27H53N/c1-3-5-7-9-11-12-13-14-15-16-17-18-19-21-23-25-27-28-26-24-22-20-10-8-6-4-2/h11-12,14-15,28H,3-10,13,16-27H2,1-2H3/b12-11-,15-14-. The summed E-state index contributed by atoms with van der Waals surface area (Å²) < 4.78 is 0. The fourth-order valence-corrected chi connectivity index (χ4v) is 3.57. The first-order valence-electron chi connectivity index (χ1n) is 12.9. The monoisotopic (exact) mass is 391 g/mol. The van der Waals surface area contributed by atoms with E-state index in [9.17, 15) is 0 Å². The second-order valence-electron chi connectivity index (χ2n) is 8.46. The highest BCUT2D eigenvalue weighted by atomic mass is 14.8. The van der Waals surface area contributed by atoms with Gasteiger partial charge in [-0.15, -0.1) is 0 Å². The average Bonchev–Trinajstić information content (AvgIpc) is 2.71. The van der Waals surface area contributed by atoms with Gasteiger partial charge in [0, 0.05) is 0 Å². The van der Waals surface area contributed by atoms with Gasteiger partial charge >= 0.3 is 0 Å². The molecule has 0 unspecified atom stereocenters. The van der Waals surface area contributed by atoms with Crippen LogP contribution in [0.2, 0.25) is 0 Å². The Hall–Kier alpha value is -0.560. The van der Waals surface area contributed by atoms with E-state index >= 15 is 0 Å². The van der Waals surface area contributed by atoms with Gasteiger partial charge in [0.25, 0.3) is 0 Å². The van der Waals surface area contributed by atoms with E-state index in [1.807, 2.05) is 0 Å². The lowest BCUT2D eigenvalue weighted by atomic mass is 10.1. The minimum Gasteiger partial charge on any atom is -0.317 e. The van der Waals surface area contributed by atoms with Gasteiger partial charge in [-0.05, 0) is 58.0 Å². The van der Waals surface area contributed by atoms with Crippen LogP contribution >= 0.6 is 0 Å². The molecule has 1 N–H and O–H groups in total. The first-order valence-corrected chi connectivity index (χ1v) is 12.9. The van der Waals surface area contributed by atoms with Crippen LogP contribution in [-0.4, -0.2) is 13.1 Å². The van der Waals surface area contributed by atoms with Crippen LogP contribution in [-0.2, 0) is 0 Å². The second kappa shape index (κ2) is 26.4. The summed E-state index contributed by atoms with van der Waals surface area (Å²) in [7, 11) is 0. The van der Waals surface area contributed by atoms with Crippen LogP contribution in [0.1, 0.15) is 136 Å². The number of nitrogens with one attached hydrogen (secondary N) is 1. The molecule has 0 aliphatic rings. The summed E-state index contributed by atoms with van der Waals surface area (Å²) in [6.45, 7) is 7.01. The molecule has 28 heavy (non-hydrogen) atoms. The van der Waals surface area contributed by atoms with E-state index in [1.165, 1.54) is 129 Å². The summed E-state index contributed by atoms with van der Waals surface area (Å²) in [5.74, 6) is 0. The average molecular weight is 392 g/mol. The molecule has 0 aromatic heterocycles. The zero-order chi connectivity index (χ0) is 20.4. The first kappa shape index (κ1) is 27.4. The Morgan fingerprint density at radius 3 is 1.36 bits per heavy atom. The van der Waals surface area contributed by atoms with Gasteiger partial charge < -0.3 is 5.32 Å². The molecule has 0 aliphatic carbocycles. The van der Waals surface area contributed by atoms with Crippen LogP contribution in [0.3, 0.4) is 0 Å². The molecule has 1 heteroatoms. The smallest absolute Gasteiger partial charge is 0.00489 e. The van der Waals surface area contributed by atoms with Crippen LogP contribution in [0.4, 0.5) is 0 Å². The van der Waals surface area contributed by atoms with Gasteiger partial charge in [0.05, 0.1) is 0 Å². The third-order valence-electron chi connectivity index (χ3n) is 5.51. The van der Waals surface area contributed by atoms with Gasteiger partial charge in [0.1, 0.15) is 0 Å². The molecule has 0 atom stereocenters. The lowest BCUT2D eigenvalue weighted by molar-refractivity contribution is 0.538. The van der Waals surface area contributed by atoms with Gasteiger partial charge in [-0.1, -0.05) is 115 Å². The molecule has 0 fully saturated rings. The molecule has 0 amide bonds. The Bertz CT molecular complexity index is 318. The SMILES string of the molecule is CCCCC/C=C\C/C=C\CCCCCCCCNCCCCCCCCC. The number of rotatable bonds is 23. The van der Waals surface area contributed by atoms with Crippen molar-refractivity contribution in [1.82, 2.24) is 5.32 Å². The molecule has 0 bridgehead atoms. The molecule has 0 spiro atoms. The van der Waals surface area contributed by atoms with Crippen molar-refractivity contribution >= 4 is 0 Å². The minimum atomic E-state index is 1.12. The Morgan fingerprint density at radius 1 is 0.429 bits per heavy atom. The molecule has 0 aromatic rings. The van der Waals surface area contributed by atoms with E-state index in [4.69, 9.17) is 0 Å². The molecule has 0 radical (unpaired) electrons. The van der Waals surface area contributed by atoms with E-state index < -0.39 is 0 Å². The van der Waals surface area contributed by atoms with Gasteiger partial charge in [0.2, 0.25) is 0 Å². The van der Waals surface area contributed by atoms with Crippen LogP contribution in [0.5, 0.6) is 0 Å². The molecule has 0 saturated carbocycles. The molecule has 0 saturated heterocycles. The zero-order valence-electron chi connectivity index (χ0n) is 19.7. The second-order valence-corrected chi connectivity index (χ2v) is 8.46. The molecule has 0 rings (SSSR count). The van der Waals surface area contributed by atoms with E-state index in [0.29, 0.717) is 0 Å². The van der Waals surface area contributed by atoms with Crippen molar-refractivity contribution in [3.05, 3.63) is 24.3 Å². The molecule has 0 aromatic carbocycles. The van der Waals surface area contributed by atoms with E-state index in [1.54, 1.807) is 0 Å². The molecule has 1 nitrogen and oxygen atoms in total. The number of unbranched alkanes of at least 4 members (excludes halogenated alkanes) is 15. The highest BCUT2D eigenvalue weighted by Gasteiger charge is 1.93. The first-order chi connectivity index (χ1) is 13.9. The maximum absolute atomic E-state index is 3.62. The fraction of sp³-hybridized carbons (Fsp3) is 0.852. The number of allylic oxidation sites excluding steroid dienone is 4. The molecule has 0 heterocycles. The summed E-state index contributed by atoms with van der Waals surface area (Å²) in [5.41, 5.74) is 0. The number of hydrogen-bond donors (Lipinski definition) is 1. The third-order valence-corrected chi connectivity index (χ3v) is 5.51. The Kier molecular flexibility index (Phi) is 25.9.